The minimum Gasteiger partial charge on any atom is -0.334 e. The van der Waals surface area contributed by atoms with Crippen molar-refractivity contribution in [2.24, 2.45) is 5.92 Å². The third-order valence-corrected chi connectivity index (χ3v) is 5.91. The Labute approximate surface area is 180 Å². The number of hydrogen-bond acceptors (Lipinski definition) is 2. The molecule has 0 atom stereocenters. The van der Waals surface area contributed by atoms with E-state index < -0.39 is 0 Å². The molecule has 2 aromatic carbocycles. The van der Waals surface area contributed by atoms with Crippen molar-refractivity contribution in [3.63, 3.8) is 0 Å². The Hall–Kier alpha value is -2.10. The summed E-state index contributed by atoms with van der Waals surface area (Å²) in [7, 11) is 0. The van der Waals surface area contributed by atoms with Crippen molar-refractivity contribution in [2.75, 3.05) is 26.2 Å². The van der Waals surface area contributed by atoms with Gasteiger partial charge in [0.05, 0.1) is 0 Å². The maximum absolute atomic E-state index is 13.0. The molecule has 0 aromatic heterocycles. The van der Waals surface area contributed by atoms with Crippen molar-refractivity contribution in [3.05, 3.63) is 76.3 Å². The highest BCUT2D eigenvalue weighted by atomic mass is 35.5. The van der Waals surface area contributed by atoms with Gasteiger partial charge in [-0.15, -0.1) is 0 Å². The van der Waals surface area contributed by atoms with Crippen LogP contribution >= 0.6 is 11.6 Å². The highest BCUT2D eigenvalue weighted by Gasteiger charge is 2.18. The molecule has 1 fully saturated rings. The number of aryl methyl sites for hydroxylation is 1. The Morgan fingerprint density at radius 1 is 1.10 bits per heavy atom. The quantitative estimate of drug-likeness (QED) is 0.569. The number of hydrogen-bond donors (Lipinski definition) is 0. The standard InChI is InChI=1S/C25H31ClN2O/c1-20-3-5-22(6-4-20)9-12-25(29)28(19-23-7-10-24(26)11-8-23)18-17-27-15-13-21(2)14-16-27/h3-12,21H,13-19H2,1-2H3/b12-9+. The van der Waals surface area contributed by atoms with Gasteiger partial charge in [-0.1, -0.05) is 60.5 Å². The lowest BCUT2D eigenvalue weighted by atomic mass is 9.99. The molecule has 0 unspecified atom stereocenters. The predicted octanol–water partition coefficient (Wildman–Crippen LogP) is 5.42. The number of carbonyl (C=O) groups excluding carboxylic acids is 1. The first kappa shape index (κ1) is 21.6. The van der Waals surface area contributed by atoms with Crippen LogP contribution in [0.4, 0.5) is 0 Å². The molecule has 2 aromatic rings. The summed E-state index contributed by atoms with van der Waals surface area (Å²) in [6.45, 7) is 8.89. The Morgan fingerprint density at radius 3 is 2.41 bits per heavy atom. The molecule has 0 saturated carbocycles. The fourth-order valence-electron chi connectivity index (χ4n) is 3.58. The third-order valence-electron chi connectivity index (χ3n) is 5.66. The highest BCUT2D eigenvalue weighted by Crippen LogP contribution is 2.17. The largest absolute Gasteiger partial charge is 0.334 e. The van der Waals surface area contributed by atoms with Gasteiger partial charge >= 0.3 is 0 Å². The van der Waals surface area contributed by atoms with Crippen LogP contribution in [0.1, 0.15) is 36.5 Å². The van der Waals surface area contributed by atoms with Crippen LogP contribution in [0.3, 0.4) is 0 Å². The molecule has 0 aliphatic carbocycles. The van der Waals surface area contributed by atoms with E-state index in [9.17, 15) is 4.79 Å². The fourth-order valence-corrected chi connectivity index (χ4v) is 3.70. The number of carbonyl (C=O) groups is 1. The first-order chi connectivity index (χ1) is 14.0. The number of amides is 1. The van der Waals surface area contributed by atoms with E-state index in [4.69, 9.17) is 11.6 Å². The van der Waals surface area contributed by atoms with Crippen molar-refractivity contribution in [1.29, 1.82) is 0 Å². The SMILES string of the molecule is Cc1ccc(/C=C/C(=O)N(CCN2CCC(C)CC2)Cc2ccc(Cl)cc2)cc1. The zero-order valence-corrected chi connectivity index (χ0v) is 18.2. The lowest BCUT2D eigenvalue weighted by molar-refractivity contribution is -0.126. The van der Waals surface area contributed by atoms with Gasteiger partial charge in [0.2, 0.25) is 5.91 Å². The Bertz CT molecular complexity index is 806. The van der Waals surface area contributed by atoms with Crippen LogP contribution in [0.2, 0.25) is 5.02 Å². The van der Waals surface area contributed by atoms with Crippen molar-refractivity contribution in [3.8, 4) is 0 Å². The molecule has 0 spiro atoms. The molecule has 1 amide bonds. The second kappa shape index (κ2) is 10.6. The molecular formula is C25H31ClN2O. The Morgan fingerprint density at radius 2 is 1.76 bits per heavy atom. The summed E-state index contributed by atoms with van der Waals surface area (Å²) in [6, 6.07) is 16.0. The Balaban J connectivity index is 1.65. The monoisotopic (exact) mass is 410 g/mol. The topological polar surface area (TPSA) is 23.6 Å². The first-order valence-electron chi connectivity index (χ1n) is 10.5. The van der Waals surface area contributed by atoms with Crippen LogP contribution in [-0.4, -0.2) is 41.9 Å². The van der Waals surface area contributed by atoms with Gasteiger partial charge in [0.15, 0.2) is 0 Å². The van der Waals surface area contributed by atoms with Gasteiger partial charge in [-0.05, 0) is 68.1 Å². The summed E-state index contributed by atoms with van der Waals surface area (Å²) >= 11 is 6.02. The molecule has 0 N–H and O–H groups in total. The molecule has 1 aliphatic heterocycles. The molecule has 0 bridgehead atoms. The molecule has 1 saturated heterocycles. The van der Waals surface area contributed by atoms with E-state index in [-0.39, 0.29) is 5.91 Å². The van der Waals surface area contributed by atoms with Crippen molar-refractivity contribution in [1.82, 2.24) is 9.80 Å². The Kier molecular flexibility index (Phi) is 7.91. The van der Waals surface area contributed by atoms with E-state index in [0.717, 1.165) is 43.2 Å². The summed E-state index contributed by atoms with van der Waals surface area (Å²) in [5.74, 6) is 0.862. The minimum atomic E-state index is 0.0471. The molecule has 0 radical (unpaired) electrons. The number of nitrogens with zero attached hydrogens (tertiary/aromatic N) is 2. The summed E-state index contributed by atoms with van der Waals surface area (Å²) in [5.41, 5.74) is 3.35. The van der Waals surface area contributed by atoms with E-state index in [0.29, 0.717) is 11.6 Å². The van der Waals surface area contributed by atoms with Crippen molar-refractivity contribution < 1.29 is 4.79 Å². The molecule has 1 heterocycles. The second-order valence-corrected chi connectivity index (χ2v) is 8.59. The maximum Gasteiger partial charge on any atom is 0.246 e. The fraction of sp³-hybridized carbons (Fsp3) is 0.400. The predicted molar refractivity (Wildman–Crippen MR) is 122 cm³/mol. The van der Waals surface area contributed by atoms with Gasteiger partial charge in [-0.2, -0.15) is 0 Å². The van der Waals surface area contributed by atoms with E-state index in [2.05, 4.69) is 30.9 Å². The van der Waals surface area contributed by atoms with Gasteiger partial charge < -0.3 is 9.80 Å². The van der Waals surface area contributed by atoms with Crippen LogP contribution in [0.15, 0.2) is 54.6 Å². The maximum atomic E-state index is 13.0. The molecule has 29 heavy (non-hydrogen) atoms. The van der Waals surface area contributed by atoms with E-state index in [1.165, 1.54) is 18.4 Å². The van der Waals surface area contributed by atoms with Gasteiger partial charge in [-0.3, -0.25) is 4.79 Å². The van der Waals surface area contributed by atoms with Crippen molar-refractivity contribution >= 4 is 23.6 Å². The third kappa shape index (κ3) is 7.02. The van der Waals surface area contributed by atoms with Gasteiger partial charge in [0, 0.05) is 30.7 Å². The van der Waals surface area contributed by atoms with Crippen molar-refractivity contribution in [2.45, 2.75) is 33.2 Å². The van der Waals surface area contributed by atoms with Gasteiger partial charge in [-0.25, -0.2) is 0 Å². The minimum absolute atomic E-state index is 0.0471. The van der Waals surface area contributed by atoms with E-state index in [1.54, 1.807) is 6.08 Å². The number of benzene rings is 2. The van der Waals surface area contributed by atoms with E-state index >= 15 is 0 Å². The lowest BCUT2D eigenvalue weighted by Gasteiger charge is -2.32. The van der Waals surface area contributed by atoms with Crippen LogP contribution in [-0.2, 0) is 11.3 Å². The number of piperidine rings is 1. The average Bonchev–Trinajstić information content (AvgIpc) is 2.73. The zero-order chi connectivity index (χ0) is 20.6. The zero-order valence-electron chi connectivity index (χ0n) is 17.5. The smallest absolute Gasteiger partial charge is 0.246 e. The summed E-state index contributed by atoms with van der Waals surface area (Å²) in [5, 5.41) is 0.716. The van der Waals surface area contributed by atoms with E-state index in [1.807, 2.05) is 47.4 Å². The summed E-state index contributed by atoms with van der Waals surface area (Å²) in [6.07, 6.45) is 6.09. The molecule has 3 nitrogen and oxygen atoms in total. The average molecular weight is 411 g/mol. The summed E-state index contributed by atoms with van der Waals surface area (Å²) in [4.78, 5) is 17.4. The van der Waals surface area contributed by atoms with Gasteiger partial charge in [0.1, 0.15) is 0 Å². The number of likely N-dealkylation sites (tertiary alicyclic amines) is 1. The highest BCUT2D eigenvalue weighted by molar-refractivity contribution is 6.30. The van der Waals surface area contributed by atoms with Crippen LogP contribution in [0, 0.1) is 12.8 Å². The first-order valence-corrected chi connectivity index (χ1v) is 10.9. The normalized spacial score (nSPS) is 15.7. The molecule has 154 valence electrons. The number of halogens is 1. The summed E-state index contributed by atoms with van der Waals surface area (Å²) < 4.78 is 0. The second-order valence-electron chi connectivity index (χ2n) is 8.15. The van der Waals surface area contributed by atoms with Crippen LogP contribution in [0.5, 0.6) is 0 Å². The number of rotatable bonds is 7. The molecule has 3 rings (SSSR count). The molecule has 4 heteroatoms. The van der Waals surface area contributed by atoms with Crippen LogP contribution < -0.4 is 0 Å². The van der Waals surface area contributed by atoms with Crippen LogP contribution in [0.25, 0.3) is 6.08 Å². The lowest BCUT2D eigenvalue weighted by Crippen LogP contribution is -2.40. The molecule has 1 aliphatic rings. The van der Waals surface area contributed by atoms with Gasteiger partial charge in [0.25, 0.3) is 0 Å². The molecular weight excluding hydrogens is 380 g/mol.